The number of rotatable bonds is 2. The highest BCUT2D eigenvalue weighted by Crippen LogP contribution is 2.31. The zero-order valence-corrected chi connectivity index (χ0v) is 9.58. The first-order valence-corrected chi connectivity index (χ1v) is 5.71. The number of nitrogens with zero attached hydrogens (tertiary/aromatic N) is 1. The lowest BCUT2D eigenvalue weighted by molar-refractivity contribution is -0.130. The van der Waals surface area contributed by atoms with E-state index in [1.165, 1.54) is 0 Å². The van der Waals surface area contributed by atoms with Crippen molar-refractivity contribution >= 4 is 5.91 Å². The molecule has 0 aromatic rings. The summed E-state index contributed by atoms with van der Waals surface area (Å²) in [6, 6.07) is -0.00607. The van der Waals surface area contributed by atoms with E-state index in [0.717, 1.165) is 32.6 Å². The Labute approximate surface area is 91.0 Å². The van der Waals surface area contributed by atoms with Crippen LogP contribution < -0.4 is 5.32 Å². The van der Waals surface area contributed by atoms with Crippen molar-refractivity contribution in [3.63, 3.8) is 0 Å². The maximum Gasteiger partial charge on any atom is 0.240 e. The third-order valence-corrected chi connectivity index (χ3v) is 3.54. The van der Waals surface area contributed by atoms with E-state index < -0.39 is 0 Å². The van der Waals surface area contributed by atoms with Crippen molar-refractivity contribution < 1.29 is 9.53 Å². The van der Waals surface area contributed by atoms with E-state index >= 15 is 0 Å². The standard InChI is InChI=1S/C11H20N2O2/c1-9-10(14)13(8-12-9)7-11(2)3-5-15-6-4-11/h9,12H,3-8H2,1-2H3. The molecule has 2 aliphatic rings. The molecule has 2 rings (SSSR count). The van der Waals surface area contributed by atoms with Crippen LogP contribution in [-0.4, -0.2) is 43.3 Å². The Balaban J connectivity index is 1.93. The number of carbonyl (C=O) groups is 1. The minimum Gasteiger partial charge on any atom is -0.381 e. The van der Waals surface area contributed by atoms with Gasteiger partial charge in [0.25, 0.3) is 0 Å². The van der Waals surface area contributed by atoms with Gasteiger partial charge in [-0.15, -0.1) is 0 Å². The molecular weight excluding hydrogens is 192 g/mol. The Morgan fingerprint density at radius 1 is 1.53 bits per heavy atom. The molecule has 0 radical (unpaired) electrons. The van der Waals surface area contributed by atoms with Crippen LogP contribution in [-0.2, 0) is 9.53 Å². The van der Waals surface area contributed by atoms with Gasteiger partial charge in [0.1, 0.15) is 0 Å². The van der Waals surface area contributed by atoms with Gasteiger partial charge in [-0.25, -0.2) is 0 Å². The van der Waals surface area contributed by atoms with Crippen molar-refractivity contribution in [2.24, 2.45) is 5.41 Å². The molecule has 1 unspecified atom stereocenters. The molecule has 0 aliphatic carbocycles. The van der Waals surface area contributed by atoms with Crippen LogP contribution in [0.2, 0.25) is 0 Å². The van der Waals surface area contributed by atoms with E-state index in [1.54, 1.807) is 0 Å². The lowest BCUT2D eigenvalue weighted by atomic mass is 9.82. The highest BCUT2D eigenvalue weighted by molar-refractivity contribution is 5.83. The van der Waals surface area contributed by atoms with Gasteiger partial charge in [-0.05, 0) is 25.2 Å². The molecule has 0 bridgehead atoms. The Morgan fingerprint density at radius 3 is 2.73 bits per heavy atom. The summed E-state index contributed by atoms with van der Waals surface area (Å²) in [5.74, 6) is 0.239. The van der Waals surface area contributed by atoms with Crippen LogP contribution in [0.15, 0.2) is 0 Å². The minimum absolute atomic E-state index is 0.00607. The molecule has 0 spiro atoms. The number of amides is 1. The fourth-order valence-electron chi connectivity index (χ4n) is 2.30. The molecule has 4 heteroatoms. The van der Waals surface area contributed by atoms with Crippen molar-refractivity contribution in [3.05, 3.63) is 0 Å². The topological polar surface area (TPSA) is 41.6 Å². The largest absolute Gasteiger partial charge is 0.381 e. The van der Waals surface area contributed by atoms with Gasteiger partial charge in [-0.3, -0.25) is 10.1 Å². The Kier molecular flexibility index (Phi) is 2.98. The van der Waals surface area contributed by atoms with Gasteiger partial charge >= 0.3 is 0 Å². The molecule has 2 saturated heterocycles. The predicted octanol–water partition coefficient (Wildman–Crippen LogP) is 0.581. The van der Waals surface area contributed by atoms with Gasteiger partial charge in [0.05, 0.1) is 12.7 Å². The monoisotopic (exact) mass is 212 g/mol. The van der Waals surface area contributed by atoms with Crippen LogP contribution in [0.4, 0.5) is 0 Å². The quantitative estimate of drug-likeness (QED) is 0.728. The number of hydrogen-bond donors (Lipinski definition) is 1. The zero-order chi connectivity index (χ0) is 10.9. The molecule has 0 saturated carbocycles. The lowest BCUT2D eigenvalue weighted by Gasteiger charge is -2.36. The number of ether oxygens (including phenoxy) is 1. The van der Waals surface area contributed by atoms with Crippen molar-refractivity contribution in [1.29, 1.82) is 0 Å². The van der Waals surface area contributed by atoms with Gasteiger partial charge in [0, 0.05) is 19.8 Å². The Hall–Kier alpha value is -0.610. The van der Waals surface area contributed by atoms with Crippen LogP contribution in [0, 0.1) is 5.41 Å². The second kappa shape index (κ2) is 4.10. The highest BCUT2D eigenvalue weighted by Gasteiger charge is 2.35. The summed E-state index contributed by atoms with van der Waals surface area (Å²) in [6.45, 7) is 7.42. The van der Waals surface area contributed by atoms with Crippen LogP contribution in [0.25, 0.3) is 0 Å². The van der Waals surface area contributed by atoms with E-state index in [4.69, 9.17) is 4.74 Å². The smallest absolute Gasteiger partial charge is 0.240 e. The van der Waals surface area contributed by atoms with Gasteiger partial charge in [-0.1, -0.05) is 6.92 Å². The lowest BCUT2D eigenvalue weighted by Crippen LogP contribution is -2.41. The first-order valence-electron chi connectivity index (χ1n) is 5.71. The molecule has 0 aromatic carbocycles. The fourth-order valence-corrected chi connectivity index (χ4v) is 2.30. The zero-order valence-electron chi connectivity index (χ0n) is 9.58. The average molecular weight is 212 g/mol. The van der Waals surface area contributed by atoms with Gasteiger partial charge in [0.15, 0.2) is 0 Å². The normalized spacial score (nSPS) is 30.9. The summed E-state index contributed by atoms with van der Waals surface area (Å²) < 4.78 is 5.36. The molecule has 15 heavy (non-hydrogen) atoms. The van der Waals surface area contributed by atoms with Crippen molar-refractivity contribution in [3.8, 4) is 0 Å². The van der Waals surface area contributed by atoms with Gasteiger partial charge < -0.3 is 9.64 Å². The number of carbonyl (C=O) groups excluding carboxylic acids is 1. The summed E-state index contributed by atoms with van der Waals surface area (Å²) in [7, 11) is 0. The van der Waals surface area contributed by atoms with Crippen LogP contribution in [0.1, 0.15) is 26.7 Å². The maximum absolute atomic E-state index is 11.8. The molecule has 0 aromatic heterocycles. The Bertz CT molecular complexity index is 249. The molecule has 1 atom stereocenters. The number of nitrogens with one attached hydrogen (secondary N) is 1. The van der Waals surface area contributed by atoms with Crippen molar-refractivity contribution in [1.82, 2.24) is 10.2 Å². The van der Waals surface area contributed by atoms with Gasteiger partial charge in [0.2, 0.25) is 5.91 Å². The summed E-state index contributed by atoms with van der Waals surface area (Å²) in [6.07, 6.45) is 2.12. The molecule has 2 aliphatic heterocycles. The summed E-state index contributed by atoms with van der Waals surface area (Å²) >= 11 is 0. The Morgan fingerprint density at radius 2 is 2.20 bits per heavy atom. The van der Waals surface area contributed by atoms with Gasteiger partial charge in [-0.2, -0.15) is 0 Å². The van der Waals surface area contributed by atoms with Crippen molar-refractivity contribution in [2.75, 3.05) is 26.4 Å². The predicted molar refractivity (Wildman–Crippen MR) is 57.3 cm³/mol. The summed E-state index contributed by atoms with van der Waals surface area (Å²) in [4.78, 5) is 13.7. The van der Waals surface area contributed by atoms with E-state index in [9.17, 15) is 4.79 Å². The first kappa shape index (κ1) is 10.9. The third-order valence-electron chi connectivity index (χ3n) is 3.54. The summed E-state index contributed by atoms with van der Waals surface area (Å²) in [5.41, 5.74) is 0.250. The second-order valence-electron chi connectivity index (χ2n) is 5.04. The van der Waals surface area contributed by atoms with E-state index in [-0.39, 0.29) is 17.4 Å². The molecule has 1 N–H and O–H groups in total. The fraction of sp³-hybridized carbons (Fsp3) is 0.909. The first-order chi connectivity index (χ1) is 7.11. The van der Waals surface area contributed by atoms with E-state index in [2.05, 4.69) is 12.2 Å². The molecule has 1 amide bonds. The molecule has 2 heterocycles. The molecule has 2 fully saturated rings. The molecular formula is C11H20N2O2. The van der Waals surface area contributed by atoms with Crippen LogP contribution >= 0.6 is 0 Å². The van der Waals surface area contributed by atoms with Crippen LogP contribution in [0.5, 0.6) is 0 Å². The minimum atomic E-state index is -0.00607. The van der Waals surface area contributed by atoms with E-state index in [0.29, 0.717) is 6.67 Å². The van der Waals surface area contributed by atoms with E-state index in [1.807, 2.05) is 11.8 Å². The summed E-state index contributed by atoms with van der Waals surface area (Å²) in [5, 5.41) is 3.17. The maximum atomic E-state index is 11.8. The number of hydrogen-bond acceptors (Lipinski definition) is 3. The second-order valence-corrected chi connectivity index (χ2v) is 5.04. The average Bonchev–Trinajstić information content (AvgIpc) is 2.50. The highest BCUT2D eigenvalue weighted by atomic mass is 16.5. The van der Waals surface area contributed by atoms with Crippen LogP contribution in [0.3, 0.4) is 0 Å². The SMILES string of the molecule is CC1NCN(CC2(C)CCOCC2)C1=O. The third kappa shape index (κ3) is 2.32. The van der Waals surface area contributed by atoms with Crippen molar-refractivity contribution in [2.45, 2.75) is 32.7 Å². The molecule has 86 valence electrons. The molecule has 4 nitrogen and oxygen atoms in total.